The SMILES string of the molecule is COc1ccc(CN(C)C(=O)c2ccc(CNC(C)=O)cc2)cc1. The van der Waals surface area contributed by atoms with Crippen LogP contribution in [0.25, 0.3) is 0 Å². The highest BCUT2D eigenvalue weighted by Crippen LogP contribution is 2.14. The third-order valence-corrected chi connectivity index (χ3v) is 3.67. The number of carbonyl (C=O) groups is 2. The topological polar surface area (TPSA) is 58.6 Å². The van der Waals surface area contributed by atoms with Gasteiger partial charge in [-0.25, -0.2) is 0 Å². The Morgan fingerprint density at radius 2 is 1.58 bits per heavy atom. The van der Waals surface area contributed by atoms with Crippen LogP contribution in [0.3, 0.4) is 0 Å². The van der Waals surface area contributed by atoms with Crippen molar-refractivity contribution in [2.24, 2.45) is 0 Å². The van der Waals surface area contributed by atoms with Gasteiger partial charge in [-0.15, -0.1) is 0 Å². The Labute approximate surface area is 142 Å². The molecule has 2 amide bonds. The summed E-state index contributed by atoms with van der Waals surface area (Å²) in [6, 6.07) is 14.9. The first-order valence-electron chi connectivity index (χ1n) is 7.71. The fourth-order valence-electron chi connectivity index (χ4n) is 2.29. The Bertz CT molecular complexity index is 694. The van der Waals surface area contributed by atoms with Crippen LogP contribution in [0, 0.1) is 0 Å². The van der Waals surface area contributed by atoms with Gasteiger partial charge in [0.05, 0.1) is 7.11 Å². The summed E-state index contributed by atoms with van der Waals surface area (Å²) >= 11 is 0. The van der Waals surface area contributed by atoms with Crippen LogP contribution in [0.1, 0.15) is 28.4 Å². The Balaban J connectivity index is 1.97. The van der Waals surface area contributed by atoms with Crippen LogP contribution in [-0.4, -0.2) is 30.9 Å². The molecule has 2 rings (SSSR count). The van der Waals surface area contributed by atoms with Gasteiger partial charge < -0.3 is 15.0 Å². The Morgan fingerprint density at radius 3 is 2.12 bits per heavy atom. The molecule has 0 spiro atoms. The van der Waals surface area contributed by atoms with E-state index in [0.717, 1.165) is 16.9 Å². The average Bonchev–Trinajstić information content (AvgIpc) is 2.60. The van der Waals surface area contributed by atoms with Crippen LogP contribution in [0.15, 0.2) is 48.5 Å². The molecule has 5 heteroatoms. The zero-order valence-corrected chi connectivity index (χ0v) is 14.2. The number of methoxy groups -OCH3 is 1. The first-order chi connectivity index (χ1) is 11.5. The van der Waals surface area contributed by atoms with E-state index in [1.54, 1.807) is 31.2 Å². The first-order valence-corrected chi connectivity index (χ1v) is 7.71. The lowest BCUT2D eigenvalue weighted by Gasteiger charge is -2.18. The third kappa shape index (κ3) is 4.84. The van der Waals surface area contributed by atoms with E-state index in [2.05, 4.69) is 5.32 Å². The van der Waals surface area contributed by atoms with Crippen LogP contribution in [-0.2, 0) is 17.9 Å². The predicted octanol–water partition coefficient (Wildman–Crippen LogP) is 2.60. The molecule has 0 aromatic heterocycles. The molecule has 126 valence electrons. The van der Waals surface area contributed by atoms with E-state index in [-0.39, 0.29) is 11.8 Å². The summed E-state index contributed by atoms with van der Waals surface area (Å²) in [6.07, 6.45) is 0. The molecule has 0 heterocycles. The maximum absolute atomic E-state index is 12.5. The molecule has 1 N–H and O–H groups in total. The monoisotopic (exact) mass is 326 g/mol. The van der Waals surface area contributed by atoms with Gasteiger partial charge in [-0.05, 0) is 35.4 Å². The van der Waals surface area contributed by atoms with Gasteiger partial charge >= 0.3 is 0 Å². The molecule has 0 saturated carbocycles. The van der Waals surface area contributed by atoms with Crippen molar-refractivity contribution in [3.8, 4) is 5.75 Å². The highest BCUT2D eigenvalue weighted by Gasteiger charge is 2.12. The molecule has 0 atom stereocenters. The number of rotatable bonds is 6. The number of carbonyl (C=O) groups excluding carboxylic acids is 2. The number of hydrogen-bond acceptors (Lipinski definition) is 3. The molecule has 0 fully saturated rings. The van der Waals surface area contributed by atoms with E-state index in [4.69, 9.17) is 4.74 Å². The second-order valence-corrected chi connectivity index (χ2v) is 5.62. The number of nitrogens with one attached hydrogen (secondary N) is 1. The molecule has 2 aromatic carbocycles. The Hall–Kier alpha value is -2.82. The van der Waals surface area contributed by atoms with Crippen molar-refractivity contribution in [2.75, 3.05) is 14.2 Å². The molecule has 0 unspecified atom stereocenters. The second-order valence-electron chi connectivity index (χ2n) is 5.62. The van der Waals surface area contributed by atoms with Crippen molar-refractivity contribution in [3.63, 3.8) is 0 Å². The molecule has 0 saturated heterocycles. The summed E-state index contributed by atoms with van der Waals surface area (Å²) in [5.41, 5.74) is 2.62. The fraction of sp³-hybridized carbons (Fsp3) is 0.263. The zero-order chi connectivity index (χ0) is 17.5. The standard InChI is InChI=1S/C19H22N2O3/c1-14(22)20-12-15-4-8-17(9-5-15)19(23)21(2)13-16-6-10-18(24-3)11-7-16/h4-11H,12-13H2,1-3H3,(H,20,22). The summed E-state index contributed by atoms with van der Waals surface area (Å²) in [6.45, 7) is 2.47. The summed E-state index contributed by atoms with van der Waals surface area (Å²) in [5.74, 6) is 0.675. The maximum Gasteiger partial charge on any atom is 0.253 e. The van der Waals surface area contributed by atoms with Crippen molar-refractivity contribution >= 4 is 11.8 Å². The summed E-state index contributed by atoms with van der Waals surface area (Å²) < 4.78 is 5.13. The second kappa shape index (κ2) is 8.15. The van der Waals surface area contributed by atoms with Crippen molar-refractivity contribution in [1.29, 1.82) is 0 Å². The first kappa shape index (κ1) is 17.5. The molecule has 0 aliphatic rings. The number of benzene rings is 2. The van der Waals surface area contributed by atoms with E-state index in [1.165, 1.54) is 6.92 Å². The minimum absolute atomic E-state index is 0.0445. The van der Waals surface area contributed by atoms with Gasteiger partial charge in [-0.3, -0.25) is 9.59 Å². The normalized spacial score (nSPS) is 10.1. The van der Waals surface area contributed by atoms with Crippen molar-refractivity contribution in [3.05, 3.63) is 65.2 Å². The molecule has 5 nitrogen and oxygen atoms in total. The molecule has 0 bridgehead atoms. The largest absolute Gasteiger partial charge is 0.497 e. The lowest BCUT2D eigenvalue weighted by Crippen LogP contribution is -2.26. The van der Waals surface area contributed by atoms with Crippen molar-refractivity contribution in [1.82, 2.24) is 10.2 Å². The fourth-order valence-corrected chi connectivity index (χ4v) is 2.29. The van der Waals surface area contributed by atoms with Gasteiger partial charge in [0.25, 0.3) is 5.91 Å². The smallest absolute Gasteiger partial charge is 0.253 e. The van der Waals surface area contributed by atoms with Crippen LogP contribution >= 0.6 is 0 Å². The van der Waals surface area contributed by atoms with Gasteiger partial charge in [0.1, 0.15) is 5.75 Å². The molecule has 0 radical (unpaired) electrons. The van der Waals surface area contributed by atoms with Crippen LogP contribution in [0.5, 0.6) is 5.75 Å². The zero-order valence-electron chi connectivity index (χ0n) is 14.2. The Morgan fingerprint density at radius 1 is 1.00 bits per heavy atom. The maximum atomic E-state index is 12.5. The lowest BCUT2D eigenvalue weighted by molar-refractivity contribution is -0.119. The average molecular weight is 326 g/mol. The van der Waals surface area contributed by atoms with Gasteiger partial charge in [-0.2, -0.15) is 0 Å². The minimum Gasteiger partial charge on any atom is -0.497 e. The molecular formula is C19H22N2O3. The minimum atomic E-state index is -0.0747. The summed E-state index contributed by atoms with van der Waals surface area (Å²) in [4.78, 5) is 25.1. The predicted molar refractivity (Wildman–Crippen MR) is 92.8 cm³/mol. The van der Waals surface area contributed by atoms with E-state index >= 15 is 0 Å². The summed E-state index contributed by atoms with van der Waals surface area (Å²) in [5, 5.41) is 2.73. The van der Waals surface area contributed by atoms with E-state index < -0.39 is 0 Å². The number of nitrogens with zero attached hydrogens (tertiary/aromatic N) is 1. The lowest BCUT2D eigenvalue weighted by atomic mass is 10.1. The number of ether oxygens (including phenoxy) is 1. The van der Waals surface area contributed by atoms with Gasteiger partial charge in [0.2, 0.25) is 5.91 Å². The van der Waals surface area contributed by atoms with Crippen molar-refractivity contribution < 1.29 is 14.3 Å². The highest BCUT2D eigenvalue weighted by atomic mass is 16.5. The molecule has 0 aliphatic heterocycles. The molecule has 2 aromatic rings. The molecular weight excluding hydrogens is 304 g/mol. The number of amides is 2. The van der Waals surface area contributed by atoms with Crippen LogP contribution in [0.2, 0.25) is 0 Å². The third-order valence-electron chi connectivity index (χ3n) is 3.67. The van der Waals surface area contributed by atoms with Crippen LogP contribution in [0.4, 0.5) is 0 Å². The number of hydrogen-bond donors (Lipinski definition) is 1. The quantitative estimate of drug-likeness (QED) is 0.888. The van der Waals surface area contributed by atoms with E-state index in [0.29, 0.717) is 18.7 Å². The van der Waals surface area contributed by atoms with Crippen molar-refractivity contribution in [2.45, 2.75) is 20.0 Å². The van der Waals surface area contributed by atoms with Crippen LogP contribution < -0.4 is 10.1 Å². The van der Waals surface area contributed by atoms with Gasteiger partial charge in [0, 0.05) is 32.6 Å². The Kier molecular flexibility index (Phi) is 5.95. The van der Waals surface area contributed by atoms with E-state index in [1.807, 2.05) is 36.4 Å². The summed E-state index contributed by atoms with van der Waals surface area (Å²) in [7, 11) is 3.40. The highest BCUT2D eigenvalue weighted by molar-refractivity contribution is 5.94. The van der Waals surface area contributed by atoms with E-state index in [9.17, 15) is 9.59 Å². The van der Waals surface area contributed by atoms with Gasteiger partial charge in [-0.1, -0.05) is 24.3 Å². The van der Waals surface area contributed by atoms with Gasteiger partial charge in [0.15, 0.2) is 0 Å². The molecule has 24 heavy (non-hydrogen) atoms. The molecule has 0 aliphatic carbocycles.